The third-order valence-corrected chi connectivity index (χ3v) is 2.84. The Bertz CT molecular complexity index is 408. The molecule has 88 valence electrons. The maximum Gasteiger partial charge on any atom is 0.318 e. The molecule has 0 fully saturated rings. The summed E-state index contributed by atoms with van der Waals surface area (Å²) < 4.78 is 20.8. The minimum Gasteiger partial charge on any atom is -0.480 e. The molecule has 1 atom stereocenters. The monoisotopic (exact) mass is 243 g/mol. The number of carbonyl (C=O) groups is 1. The largest absolute Gasteiger partial charge is 0.480 e. The predicted molar refractivity (Wildman–Crippen MR) is 60.0 cm³/mol. The van der Waals surface area contributed by atoms with Gasteiger partial charge in [0, 0.05) is 6.54 Å². The Morgan fingerprint density at radius 3 is 2.56 bits per heavy atom. The van der Waals surface area contributed by atoms with Crippen LogP contribution in [-0.2, 0) is 22.6 Å². The molecule has 0 aliphatic rings. The van der Waals surface area contributed by atoms with Crippen LogP contribution in [0.25, 0.3) is 0 Å². The molecular formula is C10H13NO4S. The molecule has 0 amide bonds. The van der Waals surface area contributed by atoms with Crippen molar-refractivity contribution < 1.29 is 18.7 Å². The van der Waals surface area contributed by atoms with Crippen LogP contribution >= 0.6 is 0 Å². The van der Waals surface area contributed by atoms with Gasteiger partial charge in [0.25, 0.3) is 0 Å². The summed E-state index contributed by atoms with van der Waals surface area (Å²) in [5, 5.41) is 8.59. The average molecular weight is 243 g/mol. The number of nitrogens with zero attached hydrogens (tertiary/aromatic N) is 1. The summed E-state index contributed by atoms with van der Waals surface area (Å²) in [5.41, 5.74) is 1.80. The number of rotatable bonds is 5. The van der Waals surface area contributed by atoms with Crippen LogP contribution in [-0.4, -0.2) is 30.7 Å². The molecule has 0 saturated heterocycles. The lowest BCUT2D eigenvalue weighted by Crippen LogP contribution is -2.31. The van der Waals surface area contributed by atoms with Crippen LogP contribution < -0.4 is 0 Å². The molecule has 0 aromatic heterocycles. The van der Waals surface area contributed by atoms with Crippen LogP contribution in [0.15, 0.2) is 24.3 Å². The van der Waals surface area contributed by atoms with E-state index in [1.165, 1.54) is 0 Å². The van der Waals surface area contributed by atoms with Gasteiger partial charge in [-0.25, -0.2) is 4.21 Å². The first-order chi connectivity index (χ1) is 7.50. The predicted octanol–water partition coefficient (Wildman–Crippen LogP) is 1.02. The second kappa shape index (κ2) is 5.74. The Balaban J connectivity index is 2.80. The third kappa shape index (κ3) is 3.73. The number of carboxylic acids is 1. The number of hydrogen-bond donors (Lipinski definition) is 2. The minimum absolute atomic E-state index is 0.141. The molecule has 0 aliphatic carbocycles. The van der Waals surface area contributed by atoms with Crippen LogP contribution in [0.2, 0.25) is 0 Å². The van der Waals surface area contributed by atoms with E-state index in [0.717, 1.165) is 15.4 Å². The van der Waals surface area contributed by atoms with Gasteiger partial charge in [0.2, 0.25) is 11.3 Å². The van der Waals surface area contributed by atoms with Crippen molar-refractivity contribution in [2.75, 3.05) is 6.54 Å². The maximum atomic E-state index is 10.9. The summed E-state index contributed by atoms with van der Waals surface area (Å²) in [6.07, 6.45) is 0. The smallest absolute Gasteiger partial charge is 0.318 e. The highest BCUT2D eigenvalue weighted by Gasteiger charge is 2.16. The number of aryl methyl sites for hydroxylation is 1. The highest BCUT2D eigenvalue weighted by molar-refractivity contribution is 7.76. The van der Waals surface area contributed by atoms with E-state index in [4.69, 9.17) is 9.66 Å². The van der Waals surface area contributed by atoms with E-state index in [9.17, 15) is 9.00 Å². The fourth-order valence-corrected chi connectivity index (χ4v) is 1.77. The van der Waals surface area contributed by atoms with Gasteiger partial charge in [0.15, 0.2) is 0 Å². The van der Waals surface area contributed by atoms with Crippen molar-refractivity contribution in [3.05, 3.63) is 35.4 Å². The molecule has 0 radical (unpaired) electrons. The summed E-state index contributed by atoms with van der Waals surface area (Å²) in [5.74, 6) is -1.13. The summed E-state index contributed by atoms with van der Waals surface area (Å²) in [4.78, 5) is 10.5. The van der Waals surface area contributed by atoms with Crippen LogP contribution in [0.1, 0.15) is 11.1 Å². The first-order valence-corrected chi connectivity index (χ1v) is 5.69. The Hall–Kier alpha value is -1.24. The summed E-state index contributed by atoms with van der Waals surface area (Å²) in [7, 11) is 0. The van der Waals surface area contributed by atoms with Gasteiger partial charge in [-0.05, 0) is 18.1 Å². The lowest BCUT2D eigenvalue weighted by molar-refractivity contribution is -0.137. The lowest BCUT2D eigenvalue weighted by atomic mass is 10.1. The fourth-order valence-electron chi connectivity index (χ4n) is 1.29. The van der Waals surface area contributed by atoms with Crippen molar-refractivity contribution in [3.63, 3.8) is 0 Å². The minimum atomic E-state index is -2.28. The van der Waals surface area contributed by atoms with Crippen molar-refractivity contribution in [1.29, 1.82) is 0 Å². The molecule has 0 saturated carbocycles. The zero-order chi connectivity index (χ0) is 12.1. The van der Waals surface area contributed by atoms with Gasteiger partial charge in [-0.1, -0.05) is 24.3 Å². The van der Waals surface area contributed by atoms with E-state index < -0.39 is 23.8 Å². The highest BCUT2D eigenvalue weighted by Crippen LogP contribution is 2.11. The molecule has 0 spiro atoms. The van der Waals surface area contributed by atoms with Crippen LogP contribution in [0, 0.1) is 6.92 Å². The summed E-state index contributed by atoms with van der Waals surface area (Å²) >= 11 is -2.28. The molecule has 2 N–H and O–H groups in total. The van der Waals surface area contributed by atoms with Gasteiger partial charge in [-0.15, -0.1) is 0 Å². The molecule has 6 heteroatoms. The molecule has 1 unspecified atom stereocenters. The Labute approximate surface area is 96.1 Å². The normalized spacial score (nSPS) is 12.7. The number of carboxylic acid groups (broad SMARTS) is 1. The Morgan fingerprint density at radius 1 is 1.44 bits per heavy atom. The molecule has 0 bridgehead atoms. The average Bonchev–Trinajstić information content (AvgIpc) is 2.19. The van der Waals surface area contributed by atoms with Crippen LogP contribution in [0.5, 0.6) is 0 Å². The van der Waals surface area contributed by atoms with E-state index in [-0.39, 0.29) is 6.54 Å². The van der Waals surface area contributed by atoms with Crippen molar-refractivity contribution in [2.24, 2.45) is 0 Å². The first-order valence-electron chi connectivity index (χ1n) is 4.63. The first kappa shape index (κ1) is 12.8. The van der Waals surface area contributed by atoms with Gasteiger partial charge in [0.05, 0.1) is 0 Å². The Morgan fingerprint density at radius 2 is 2.06 bits per heavy atom. The molecule has 0 heterocycles. The molecule has 16 heavy (non-hydrogen) atoms. The molecule has 1 aromatic rings. The van der Waals surface area contributed by atoms with E-state index in [1.54, 1.807) is 6.07 Å². The lowest BCUT2D eigenvalue weighted by Gasteiger charge is -2.16. The number of aliphatic carboxylic acids is 1. The van der Waals surface area contributed by atoms with Crippen molar-refractivity contribution in [1.82, 2.24) is 4.31 Å². The van der Waals surface area contributed by atoms with Crippen molar-refractivity contribution in [2.45, 2.75) is 13.5 Å². The fraction of sp³-hybridized carbons (Fsp3) is 0.300. The van der Waals surface area contributed by atoms with Gasteiger partial charge in [-0.2, -0.15) is 4.31 Å². The Kier molecular flexibility index (Phi) is 4.60. The van der Waals surface area contributed by atoms with Crippen molar-refractivity contribution >= 4 is 17.2 Å². The second-order valence-electron chi connectivity index (χ2n) is 3.35. The van der Waals surface area contributed by atoms with E-state index >= 15 is 0 Å². The standard InChI is InChI=1S/C10H13NO4S/c1-8-4-2-3-5-9(8)6-11(16(14)15)7-10(12)13/h2-5H,6-7H2,1H3,(H,12,13)(H,14,15). The van der Waals surface area contributed by atoms with E-state index in [2.05, 4.69) is 0 Å². The topological polar surface area (TPSA) is 77.8 Å². The molecule has 5 nitrogen and oxygen atoms in total. The second-order valence-corrected chi connectivity index (χ2v) is 4.33. The molecule has 1 aromatic carbocycles. The molecule has 1 rings (SSSR count). The van der Waals surface area contributed by atoms with E-state index in [0.29, 0.717) is 0 Å². The molecule has 0 aliphatic heterocycles. The zero-order valence-electron chi connectivity index (χ0n) is 8.79. The van der Waals surface area contributed by atoms with Gasteiger partial charge in [0.1, 0.15) is 6.54 Å². The highest BCUT2D eigenvalue weighted by atomic mass is 32.2. The quantitative estimate of drug-likeness (QED) is 0.757. The molecular weight excluding hydrogens is 230 g/mol. The van der Waals surface area contributed by atoms with E-state index in [1.807, 2.05) is 25.1 Å². The maximum absolute atomic E-state index is 10.9. The van der Waals surface area contributed by atoms with Crippen LogP contribution in [0.4, 0.5) is 0 Å². The number of benzene rings is 1. The van der Waals surface area contributed by atoms with Crippen LogP contribution in [0.3, 0.4) is 0 Å². The van der Waals surface area contributed by atoms with Gasteiger partial charge in [-0.3, -0.25) is 9.35 Å². The summed E-state index contributed by atoms with van der Waals surface area (Å²) in [6, 6.07) is 7.34. The van der Waals surface area contributed by atoms with Gasteiger partial charge < -0.3 is 5.11 Å². The number of hydrogen-bond acceptors (Lipinski definition) is 2. The van der Waals surface area contributed by atoms with Crippen molar-refractivity contribution in [3.8, 4) is 0 Å². The van der Waals surface area contributed by atoms with Gasteiger partial charge >= 0.3 is 5.97 Å². The third-order valence-electron chi connectivity index (χ3n) is 2.14. The SMILES string of the molecule is Cc1ccccc1CN(CC(=O)O)S(=O)O. The zero-order valence-corrected chi connectivity index (χ0v) is 9.61. The summed E-state index contributed by atoms with van der Waals surface area (Å²) in [6.45, 7) is 1.55.